The van der Waals surface area contributed by atoms with Gasteiger partial charge in [-0.3, -0.25) is 4.79 Å². The molecule has 8 nitrogen and oxygen atoms in total. The van der Waals surface area contributed by atoms with Crippen LogP contribution in [-0.4, -0.2) is 43.8 Å². The fourth-order valence-electron chi connectivity index (χ4n) is 4.42. The van der Waals surface area contributed by atoms with Crippen molar-refractivity contribution in [2.75, 3.05) is 23.3 Å². The molecule has 0 saturated carbocycles. The van der Waals surface area contributed by atoms with Gasteiger partial charge < -0.3 is 10.2 Å². The van der Waals surface area contributed by atoms with Gasteiger partial charge in [0.2, 0.25) is 5.91 Å². The van der Waals surface area contributed by atoms with E-state index in [1.54, 1.807) is 6.07 Å². The van der Waals surface area contributed by atoms with Crippen molar-refractivity contribution in [3.63, 3.8) is 0 Å². The van der Waals surface area contributed by atoms with Gasteiger partial charge in [0.1, 0.15) is 5.82 Å². The molecule has 0 spiro atoms. The molecule has 1 N–H and O–H groups in total. The molecule has 0 aliphatic carbocycles. The zero-order valence-corrected chi connectivity index (χ0v) is 19.0. The van der Waals surface area contributed by atoms with Gasteiger partial charge in [-0.2, -0.15) is 17.7 Å². The van der Waals surface area contributed by atoms with Crippen LogP contribution in [0.25, 0.3) is 26.6 Å². The molecule has 35 heavy (non-hydrogen) atoms. The Morgan fingerprint density at radius 1 is 1.03 bits per heavy atom. The number of benzene rings is 2. The summed E-state index contributed by atoms with van der Waals surface area (Å²) in [7, 11) is 0. The highest BCUT2D eigenvalue weighted by Gasteiger charge is 2.38. The first-order chi connectivity index (χ1) is 16.9. The summed E-state index contributed by atoms with van der Waals surface area (Å²) in [6.45, 7) is 0.981. The van der Waals surface area contributed by atoms with Crippen LogP contribution in [0.2, 0.25) is 0 Å². The number of halogens is 3. The van der Waals surface area contributed by atoms with Crippen LogP contribution in [-0.2, 0) is 11.0 Å². The minimum atomic E-state index is -4.65. The van der Waals surface area contributed by atoms with E-state index >= 15 is 0 Å². The van der Waals surface area contributed by atoms with Crippen LogP contribution in [0.1, 0.15) is 18.7 Å². The highest BCUT2D eigenvalue weighted by molar-refractivity contribution is 7.22. The van der Waals surface area contributed by atoms with Crippen LogP contribution < -0.4 is 10.2 Å². The maximum Gasteiger partial charge on any atom is 0.453 e. The van der Waals surface area contributed by atoms with Gasteiger partial charge in [-0.1, -0.05) is 41.7 Å². The van der Waals surface area contributed by atoms with E-state index in [1.165, 1.54) is 17.4 Å². The van der Waals surface area contributed by atoms with Gasteiger partial charge in [0, 0.05) is 24.4 Å². The molecule has 1 fully saturated rings. The number of nitrogens with zero attached hydrogens (tertiary/aromatic N) is 6. The monoisotopic (exact) mass is 497 g/mol. The average molecular weight is 498 g/mol. The Hall–Kier alpha value is -3.80. The lowest BCUT2D eigenvalue weighted by atomic mass is 9.96. The summed E-state index contributed by atoms with van der Waals surface area (Å²) in [6.07, 6.45) is -3.55. The van der Waals surface area contributed by atoms with Crippen molar-refractivity contribution in [1.82, 2.24) is 24.8 Å². The molecule has 2 aromatic carbocycles. The molecule has 5 aromatic rings. The Morgan fingerprint density at radius 3 is 2.63 bits per heavy atom. The lowest BCUT2D eigenvalue weighted by Crippen LogP contribution is -2.38. The second-order valence-corrected chi connectivity index (χ2v) is 9.42. The average Bonchev–Trinajstić information content (AvgIpc) is 3.47. The Kier molecular flexibility index (Phi) is 5.06. The second kappa shape index (κ2) is 8.15. The first-order valence-corrected chi connectivity index (χ1v) is 11.8. The van der Waals surface area contributed by atoms with Gasteiger partial charge in [0.15, 0.2) is 10.8 Å². The van der Waals surface area contributed by atoms with Gasteiger partial charge in [0.25, 0.3) is 5.82 Å². The van der Waals surface area contributed by atoms with Crippen LogP contribution in [0.5, 0.6) is 0 Å². The number of amides is 1. The Balaban J connectivity index is 1.15. The molecule has 178 valence electrons. The highest BCUT2D eigenvalue weighted by Crippen LogP contribution is 2.33. The van der Waals surface area contributed by atoms with E-state index in [-0.39, 0.29) is 17.5 Å². The molecule has 1 aliphatic heterocycles. The predicted molar refractivity (Wildman–Crippen MR) is 126 cm³/mol. The fraction of sp³-hybridized carbons (Fsp3) is 0.261. The third-order valence-electron chi connectivity index (χ3n) is 6.21. The maximum absolute atomic E-state index is 13.2. The van der Waals surface area contributed by atoms with E-state index in [1.807, 2.05) is 41.3 Å². The van der Waals surface area contributed by atoms with Crippen molar-refractivity contribution in [1.29, 1.82) is 0 Å². The van der Waals surface area contributed by atoms with Crippen molar-refractivity contribution in [2.24, 2.45) is 5.92 Å². The van der Waals surface area contributed by atoms with E-state index < -0.39 is 12.0 Å². The van der Waals surface area contributed by atoms with Gasteiger partial charge in [-0.05, 0) is 36.4 Å². The number of nitrogens with one attached hydrogen (secondary N) is 1. The summed E-state index contributed by atoms with van der Waals surface area (Å²) in [5, 5.41) is 16.5. The van der Waals surface area contributed by atoms with Gasteiger partial charge >= 0.3 is 6.18 Å². The zero-order chi connectivity index (χ0) is 24.2. The smallest absolute Gasteiger partial charge is 0.355 e. The quantitative estimate of drug-likeness (QED) is 0.387. The van der Waals surface area contributed by atoms with E-state index in [0.29, 0.717) is 41.4 Å². The Bertz CT molecular complexity index is 1570. The molecule has 0 radical (unpaired) electrons. The molecule has 1 aliphatic rings. The van der Waals surface area contributed by atoms with E-state index in [2.05, 4.69) is 25.6 Å². The minimum absolute atomic E-state index is 0.0268. The second-order valence-electron chi connectivity index (χ2n) is 8.39. The van der Waals surface area contributed by atoms with Crippen molar-refractivity contribution in [3.05, 3.63) is 54.4 Å². The molecule has 12 heteroatoms. The zero-order valence-electron chi connectivity index (χ0n) is 18.2. The largest absolute Gasteiger partial charge is 0.453 e. The SMILES string of the molecule is O=C(Nc1nc2c(ccc3ccccc32)s1)C1CCN(c2ccc3nnc(C(F)(F)F)n3n2)CC1. The fourth-order valence-corrected chi connectivity index (χ4v) is 5.30. The summed E-state index contributed by atoms with van der Waals surface area (Å²) in [5.41, 5.74) is 0.894. The molecular formula is C23H18F3N7OS. The predicted octanol–water partition coefficient (Wildman–Crippen LogP) is 4.76. The van der Waals surface area contributed by atoms with Crippen molar-refractivity contribution < 1.29 is 18.0 Å². The third kappa shape index (κ3) is 3.93. The number of alkyl halides is 3. The standard InChI is InChI=1S/C23H18F3N7OS/c24-23(25,26)21-30-29-17-7-8-18(31-33(17)21)32-11-9-14(10-12-32)20(34)28-22-27-19-15-4-2-1-3-13(15)5-6-16(19)35-22/h1-8,14H,9-12H2,(H,27,28,34). The van der Waals surface area contributed by atoms with Crippen LogP contribution in [0.4, 0.5) is 24.1 Å². The molecule has 1 saturated heterocycles. The summed E-state index contributed by atoms with van der Waals surface area (Å²) >= 11 is 1.44. The van der Waals surface area contributed by atoms with E-state index in [0.717, 1.165) is 21.0 Å². The molecule has 0 bridgehead atoms. The van der Waals surface area contributed by atoms with Crippen molar-refractivity contribution >= 4 is 54.8 Å². The third-order valence-corrected chi connectivity index (χ3v) is 7.14. The highest BCUT2D eigenvalue weighted by atomic mass is 32.1. The Morgan fingerprint density at radius 2 is 1.83 bits per heavy atom. The molecule has 6 rings (SSSR count). The maximum atomic E-state index is 13.2. The van der Waals surface area contributed by atoms with Gasteiger partial charge in [-0.15, -0.1) is 15.3 Å². The van der Waals surface area contributed by atoms with Crippen molar-refractivity contribution in [3.8, 4) is 0 Å². The van der Waals surface area contributed by atoms with Crippen LogP contribution in [0.15, 0.2) is 48.5 Å². The molecule has 0 unspecified atom stereocenters. The van der Waals surface area contributed by atoms with Crippen LogP contribution >= 0.6 is 11.3 Å². The number of thiazole rings is 1. The topological polar surface area (TPSA) is 88.3 Å². The van der Waals surface area contributed by atoms with E-state index in [4.69, 9.17) is 0 Å². The number of fused-ring (bicyclic) bond motifs is 4. The normalized spacial score (nSPS) is 15.3. The number of carbonyl (C=O) groups is 1. The molecule has 4 heterocycles. The molecular weight excluding hydrogens is 479 g/mol. The van der Waals surface area contributed by atoms with Crippen LogP contribution in [0.3, 0.4) is 0 Å². The first kappa shape index (κ1) is 21.7. The first-order valence-electron chi connectivity index (χ1n) is 11.0. The number of piperidine rings is 1. The number of rotatable bonds is 3. The number of anilines is 2. The summed E-state index contributed by atoms with van der Waals surface area (Å²) in [6, 6.07) is 15.1. The summed E-state index contributed by atoms with van der Waals surface area (Å²) < 4.78 is 41.2. The summed E-state index contributed by atoms with van der Waals surface area (Å²) in [4.78, 5) is 19.4. The lowest BCUT2D eigenvalue weighted by molar-refractivity contribution is -0.146. The van der Waals surface area contributed by atoms with Crippen molar-refractivity contribution in [2.45, 2.75) is 19.0 Å². The van der Waals surface area contributed by atoms with Gasteiger partial charge in [-0.25, -0.2) is 4.98 Å². The molecule has 0 atom stereocenters. The summed E-state index contributed by atoms with van der Waals surface area (Å²) in [5.74, 6) is -1.10. The molecule has 3 aromatic heterocycles. The number of aromatic nitrogens is 5. The number of hydrogen-bond donors (Lipinski definition) is 1. The lowest BCUT2D eigenvalue weighted by Gasteiger charge is -2.31. The number of carbonyl (C=O) groups excluding carboxylic acids is 1. The Labute approximate surface area is 200 Å². The van der Waals surface area contributed by atoms with Crippen LogP contribution in [0, 0.1) is 5.92 Å². The van der Waals surface area contributed by atoms with Gasteiger partial charge in [0.05, 0.1) is 10.2 Å². The minimum Gasteiger partial charge on any atom is -0.355 e. The number of hydrogen-bond acceptors (Lipinski definition) is 7. The van der Waals surface area contributed by atoms with E-state index in [9.17, 15) is 18.0 Å². The molecule has 1 amide bonds.